The predicted molar refractivity (Wildman–Crippen MR) is 167 cm³/mol. The molecule has 0 bridgehead atoms. The number of hydrogen-bond donors (Lipinski definition) is 1. The second-order valence-corrected chi connectivity index (χ2v) is 12.7. The highest BCUT2D eigenvalue weighted by molar-refractivity contribution is 7.88. The largest absolute Gasteiger partial charge is 0.378 e. The van der Waals surface area contributed by atoms with Crippen LogP contribution in [0.3, 0.4) is 0 Å². The summed E-state index contributed by atoms with van der Waals surface area (Å²) in [5.41, 5.74) is 6.21. The van der Waals surface area contributed by atoms with Crippen LogP contribution >= 0.6 is 11.6 Å². The number of anilines is 3. The standard InChI is InChI=1S/C29H33ClN8O3S/c1-42(39,40)38-12-10-36(11-13-38)29-32-27(18-28(33-29)35-14-16-41-17-15-35)34-31-19-23-21-37(26-9-5-3-7-24(23)26)20-22-6-2-4-8-25(22)30/h2-9,18-19,21H,10-17,20H2,1H3,(H,32,33,34)/b31-19+. The van der Waals surface area contributed by atoms with E-state index in [1.807, 2.05) is 47.4 Å². The van der Waals surface area contributed by atoms with E-state index < -0.39 is 10.0 Å². The number of morpholine rings is 1. The highest BCUT2D eigenvalue weighted by Gasteiger charge is 2.26. The maximum absolute atomic E-state index is 12.0. The third-order valence-electron chi connectivity index (χ3n) is 7.53. The number of nitrogens with zero attached hydrogens (tertiary/aromatic N) is 7. The van der Waals surface area contributed by atoms with E-state index in [0.29, 0.717) is 57.7 Å². The molecule has 4 heterocycles. The van der Waals surface area contributed by atoms with Crippen molar-refractivity contribution in [1.29, 1.82) is 0 Å². The van der Waals surface area contributed by atoms with Crippen LogP contribution in [0.25, 0.3) is 10.9 Å². The van der Waals surface area contributed by atoms with Crippen molar-refractivity contribution in [1.82, 2.24) is 18.8 Å². The average molecular weight is 609 g/mol. The Morgan fingerprint density at radius 3 is 2.48 bits per heavy atom. The normalized spacial score (nSPS) is 16.9. The van der Waals surface area contributed by atoms with Gasteiger partial charge in [0.1, 0.15) is 5.82 Å². The van der Waals surface area contributed by atoms with E-state index in [9.17, 15) is 8.42 Å². The second kappa shape index (κ2) is 12.3. The van der Waals surface area contributed by atoms with Crippen molar-refractivity contribution in [2.45, 2.75) is 6.54 Å². The van der Waals surface area contributed by atoms with Crippen LogP contribution in [-0.2, 0) is 21.3 Å². The van der Waals surface area contributed by atoms with E-state index in [-0.39, 0.29) is 0 Å². The third-order valence-corrected chi connectivity index (χ3v) is 9.20. The summed E-state index contributed by atoms with van der Waals surface area (Å²) in [6, 6.07) is 18.0. The van der Waals surface area contributed by atoms with Gasteiger partial charge in [-0.25, -0.2) is 8.42 Å². The van der Waals surface area contributed by atoms with Crippen LogP contribution in [0.15, 0.2) is 65.9 Å². The molecular weight excluding hydrogens is 576 g/mol. The molecule has 42 heavy (non-hydrogen) atoms. The number of ether oxygens (including phenoxy) is 1. The molecule has 0 amide bonds. The lowest BCUT2D eigenvalue weighted by Crippen LogP contribution is -2.49. The van der Waals surface area contributed by atoms with Gasteiger partial charge in [-0.3, -0.25) is 5.43 Å². The Morgan fingerprint density at radius 1 is 0.976 bits per heavy atom. The van der Waals surface area contributed by atoms with Crippen molar-refractivity contribution in [3.8, 4) is 0 Å². The molecule has 2 saturated heterocycles. The van der Waals surface area contributed by atoms with Crippen LogP contribution in [0.1, 0.15) is 11.1 Å². The van der Waals surface area contributed by atoms with Gasteiger partial charge in [-0.1, -0.05) is 48.0 Å². The monoisotopic (exact) mass is 608 g/mol. The minimum atomic E-state index is -3.23. The quantitative estimate of drug-likeness (QED) is 0.239. The van der Waals surface area contributed by atoms with Crippen LogP contribution in [0.5, 0.6) is 0 Å². The number of sulfonamides is 1. The zero-order valence-corrected chi connectivity index (χ0v) is 24.9. The molecule has 0 aliphatic carbocycles. The molecule has 6 rings (SSSR count). The first kappa shape index (κ1) is 28.4. The topological polar surface area (TPSA) is 108 Å². The smallest absolute Gasteiger partial charge is 0.229 e. The summed E-state index contributed by atoms with van der Waals surface area (Å²) < 4.78 is 33.2. The number of aromatic nitrogens is 3. The Morgan fingerprint density at radius 2 is 1.71 bits per heavy atom. The Labute approximate surface area is 250 Å². The van der Waals surface area contributed by atoms with Crippen LogP contribution in [-0.4, -0.2) is 92.2 Å². The lowest BCUT2D eigenvalue weighted by Gasteiger charge is -2.34. The minimum absolute atomic E-state index is 0.392. The van der Waals surface area contributed by atoms with E-state index in [2.05, 4.69) is 38.3 Å². The summed E-state index contributed by atoms with van der Waals surface area (Å²) in [7, 11) is -3.23. The number of hydrogen-bond acceptors (Lipinski definition) is 9. The Bertz CT molecular complexity index is 1700. The minimum Gasteiger partial charge on any atom is -0.378 e. The van der Waals surface area contributed by atoms with Gasteiger partial charge in [-0.2, -0.15) is 19.4 Å². The van der Waals surface area contributed by atoms with Crippen molar-refractivity contribution >= 4 is 56.3 Å². The van der Waals surface area contributed by atoms with Gasteiger partial charge in [0.2, 0.25) is 16.0 Å². The molecule has 0 radical (unpaired) electrons. The molecule has 11 nitrogen and oxygen atoms in total. The van der Waals surface area contributed by atoms with E-state index in [4.69, 9.17) is 26.3 Å². The first-order chi connectivity index (χ1) is 20.3. The van der Waals surface area contributed by atoms with E-state index in [0.717, 1.165) is 46.0 Å². The zero-order chi connectivity index (χ0) is 29.1. The molecular formula is C29H33ClN8O3S. The zero-order valence-electron chi connectivity index (χ0n) is 23.4. The van der Waals surface area contributed by atoms with E-state index in [1.54, 1.807) is 6.21 Å². The number of halogens is 1. The molecule has 0 unspecified atom stereocenters. The lowest BCUT2D eigenvalue weighted by atomic mass is 10.2. The first-order valence-electron chi connectivity index (χ1n) is 13.9. The molecule has 2 aromatic heterocycles. The molecule has 13 heteroatoms. The van der Waals surface area contributed by atoms with Crippen LogP contribution in [0.4, 0.5) is 17.6 Å². The van der Waals surface area contributed by atoms with Crippen LogP contribution < -0.4 is 15.2 Å². The summed E-state index contributed by atoms with van der Waals surface area (Å²) in [5, 5.41) is 6.38. The van der Waals surface area contributed by atoms with Gasteiger partial charge in [-0.15, -0.1) is 0 Å². The number of fused-ring (bicyclic) bond motifs is 1. The van der Waals surface area contributed by atoms with Crippen molar-refractivity contribution in [2.75, 3.05) is 74.0 Å². The summed E-state index contributed by atoms with van der Waals surface area (Å²) in [6.07, 6.45) is 5.12. The number of hydrazone groups is 1. The summed E-state index contributed by atoms with van der Waals surface area (Å²) >= 11 is 6.44. The van der Waals surface area contributed by atoms with Crippen molar-refractivity contribution in [2.24, 2.45) is 5.10 Å². The Hall–Kier alpha value is -3.71. The van der Waals surface area contributed by atoms with Crippen molar-refractivity contribution in [3.05, 3.63) is 76.9 Å². The first-order valence-corrected chi connectivity index (χ1v) is 16.1. The highest BCUT2D eigenvalue weighted by atomic mass is 35.5. The second-order valence-electron chi connectivity index (χ2n) is 10.4. The number of benzene rings is 2. The Balaban J connectivity index is 1.25. The molecule has 4 aromatic rings. The van der Waals surface area contributed by atoms with Gasteiger partial charge in [0.15, 0.2) is 5.82 Å². The maximum atomic E-state index is 12.0. The molecule has 0 saturated carbocycles. The van der Waals surface area contributed by atoms with Crippen molar-refractivity contribution in [3.63, 3.8) is 0 Å². The average Bonchev–Trinajstić information content (AvgIpc) is 3.35. The predicted octanol–water partition coefficient (Wildman–Crippen LogP) is 3.50. The van der Waals surface area contributed by atoms with Crippen LogP contribution in [0, 0.1) is 0 Å². The molecule has 1 N–H and O–H groups in total. The number of para-hydroxylation sites is 1. The molecule has 2 aromatic carbocycles. The molecule has 2 aliphatic heterocycles. The summed E-state index contributed by atoms with van der Waals surface area (Å²) in [4.78, 5) is 13.8. The molecule has 220 valence electrons. The summed E-state index contributed by atoms with van der Waals surface area (Å²) in [6.45, 7) is 5.16. The molecule has 0 atom stereocenters. The summed E-state index contributed by atoms with van der Waals surface area (Å²) in [5.74, 6) is 1.88. The number of piperazine rings is 1. The van der Waals surface area contributed by atoms with Gasteiger partial charge in [0, 0.05) is 79.6 Å². The lowest BCUT2D eigenvalue weighted by molar-refractivity contribution is 0.122. The van der Waals surface area contributed by atoms with Gasteiger partial charge in [0.25, 0.3) is 0 Å². The molecule has 2 fully saturated rings. The fourth-order valence-electron chi connectivity index (χ4n) is 5.28. The van der Waals surface area contributed by atoms with Gasteiger partial charge in [-0.05, 0) is 17.7 Å². The SMILES string of the molecule is CS(=O)(=O)N1CCN(c2nc(N/N=C/c3cn(Cc4ccccc4Cl)c4ccccc34)cc(N3CCOCC3)n2)CC1. The van der Waals surface area contributed by atoms with Crippen molar-refractivity contribution < 1.29 is 13.2 Å². The molecule has 0 spiro atoms. The maximum Gasteiger partial charge on any atom is 0.229 e. The third kappa shape index (κ3) is 6.36. The number of nitrogens with one attached hydrogen (secondary N) is 1. The van der Waals surface area contributed by atoms with E-state index >= 15 is 0 Å². The van der Waals surface area contributed by atoms with Gasteiger partial charge >= 0.3 is 0 Å². The van der Waals surface area contributed by atoms with Crippen LogP contribution in [0.2, 0.25) is 5.02 Å². The molecule has 2 aliphatic rings. The van der Waals surface area contributed by atoms with Gasteiger partial charge < -0.3 is 19.1 Å². The van der Waals surface area contributed by atoms with E-state index in [1.165, 1.54) is 10.6 Å². The van der Waals surface area contributed by atoms with Gasteiger partial charge in [0.05, 0.1) is 25.7 Å². The highest BCUT2D eigenvalue weighted by Crippen LogP contribution is 2.25. The Kier molecular flexibility index (Phi) is 8.29. The number of rotatable bonds is 8. The fraction of sp³-hybridized carbons (Fsp3) is 0.345. The fourth-order valence-corrected chi connectivity index (χ4v) is 6.30.